The second-order valence-electron chi connectivity index (χ2n) is 5.38. The fourth-order valence-corrected chi connectivity index (χ4v) is 5.40. The van der Waals surface area contributed by atoms with Crippen molar-refractivity contribution in [2.24, 2.45) is 0 Å². The summed E-state index contributed by atoms with van der Waals surface area (Å²) in [5.41, 5.74) is 1.81. The first kappa shape index (κ1) is 13.3. The fraction of sp³-hybridized carbons (Fsp3) is 0.400. The number of halogens is 1. The summed E-state index contributed by atoms with van der Waals surface area (Å²) in [6.07, 6.45) is 4.44. The van der Waals surface area contributed by atoms with E-state index in [9.17, 15) is 12.8 Å². The topological polar surface area (TPSA) is 57.9 Å². The molecule has 0 saturated carbocycles. The van der Waals surface area contributed by atoms with Gasteiger partial charge in [0, 0.05) is 0 Å². The van der Waals surface area contributed by atoms with Gasteiger partial charge in [0.2, 0.25) is 0 Å². The molecule has 3 nitrogen and oxygen atoms in total. The number of benzene rings is 1. The third kappa shape index (κ3) is 2.04. The van der Waals surface area contributed by atoms with Crippen LogP contribution in [0.25, 0.3) is 5.57 Å². The van der Waals surface area contributed by atoms with Crippen LogP contribution in [-0.4, -0.2) is 18.9 Å². The van der Waals surface area contributed by atoms with Gasteiger partial charge in [-0.1, -0.05) is 18.6 Å². The highest BCUT2D eigenvalue weighted by atomic mass is 32.2. The van der Waals surface area contributed by atoms with Gasteiger partial charge in [-0.25, -0.2) is 12.8 Å². The van der Waals surface area contributed by atoms with Crippen LogP contribution in [0.15, 0.2) is 24.3 Å². The van der Waals surface area contributed by atoms with Crippen LogP contribution in [0.5, 0.6) is 0 Å². The Morgan fingerprint density at radius 3 is 2.80 bits per heavy atom. The Hall–Kier alpha value is -1.67. The van der Waals surface area contributed by atoms with Gasteiger partial charge in [-0.15, -0.1) is 0 Å². The molecule has 2 bridgehead atoms. The maximum absolute atomic E-state index is 13.2. The van der Waals surface area contributed by atoms with Crippen molar-refractivity contribution in [3.05, 3.63) is 41.2 Å². The number of hydrogen-bond acceptors (Lipinski definition) is 3. The first-order valence-corrected chi connectivity index (χ1v) is 8.27. The molecule has 0 spiro atoms. The van der Waals surface area contributed by atoms with Gasteiger partial charge in [-0.05, 0) is 42.5 Å². The molecule has 5 heteroatoms. The Morgan fingerprint density at radius 1 is 1.30 bits per heavy atom. The molecule has 2 unspecified atom stereocenters. The molecule has 0 radical (unpaired) electrons. The average molecular weight is 291 g/mol. The molecule has 20 heavy (non-hydrogen) atoms. The first-order valence-electron chi connectivity index (χ1n) is 6.66. The summed E-state index contributed by atoms with van der Waals surface area (Å²) in [5, 5.41) is 8.32. The van der Waals surface area contributed by atoms with E-state index in [-0.39, 0.29) is 10.8 Å². The zero-order chi connectivity index (χ0) is 14.3. The average Bonchev–Trinajstić information content (AvgIpc) is 2.37. The van der Waals surface area contributed by atoms with Crippen LogP contribution in [0.4, 0.5) is 4.39 Å². The number of allylic oxidation sites excluding steroid dienone is 1. The summed E-state index contributed by atoms with van der Waals surface area (Å²) in [6.45, 7) is 0. The van der Waals surface area contributed by atoms with E-state index < -0.39 is 20.9 Å². The highest BCUT2D eigenvalue weighted by molar-refractivity contribution is 7.93. The van der Waals surface area contributed by atoms with Crippen molar-refractivity contribution in [2.75, 3.05) is 0 Å². The van der Waals surface area contributed by atoms with Gasteiger partial charge in [0.15, 0.2) is 9.84 Å². The van der Waals surface area contributed by atoms with Crippen LogP contribution in [-0.2, 0) is 9.84 Å². The third-order valence-corrected chi connectivity index (χ3v) is 6.73. The maximum atomic E-state index is 13.2. The van der Waals surface area contributed by atoms with Crippen molar-refractivity contribution in [1.29, 1.82) is 5.26 Å². The van der Waals surface area contributed by atoms with Gasteiger partial charge in [-0.2, -0.15) is 5.26 Å². The minimum atomic E-state index is -3.07. The summed E-state index contributed by atoms with van der Waals surface area (Å²) < 4.78 is 37.6. The Morgan fingerprint density at radius 2 is 2.10 bits per heavy atom. The molecule has 1 aromatic rings. The molecule has 2 aliphatic rings. The van der Waals surface area contributed by atoms with Crippen molar-refractivity contribution >= 4 is 15.4 Å². The second kappa shape index (κ2) is 4.71. The van der Waals surface area contributed by atoms with Crippen molar-refractivity contribution < 1.29 is 12.8 Å². The Bertz CT molecular complexity index is 731. The lowest BCUT2D eigenvalue weighted by atomic mass is 9.91. The lowest BCUT2D eigenvalue weighted by Gasteiger charge is -2.33. The normalized spacial score (nSPS) is 27.5. The molecule has 1 saturated heterocycles. The van der Waals surface area contributed by atoms with Gasteiger partial charge < -0.3 is 0 Å². The van der Waals surface area contributed by atoms with Gasteiger partial charge in [0.25, 0.3) is 0 Å². The first-order chi connectivity index (χ1) is 9.52. The van der Waals surface area contributed by atoms with Gasteiger partial charge >= 0.3 is 0 Å². The Kier molecular flexibility index (Phi) is 3.14. The molecular weight excluding hydrogens is 277 g/mol. The molecule has 2 heterocycles. The summed E-state index contributed by atoms with van der Waals surface area (Å²) in [7, 11) is -3.07. The fourth-order valence-electron chi connectivity index (χ4n) is 3.15. The number of hydrogen-bond donors (Lipinski definition) is 0. The molecule has 1 aromatic carbocycles. The number of rotatable bonds is 1. The van der Waals surface area contributed by atoms with Crippen LogP contribution in [0.1, 0.15) is 36.8 Å². The molecule has 0 amide bonds. The predicted octanol–water partition coefficient (Wildman–Crippen LogP) is 2.82. The van der Waals surface area contributed by atoms with Gasteiger partial charge in [-0.3, -0.25) is 0 Å². The number of nitrogens with zero attached hydrogens (tertiary/aromatic N) is 1. The number of sulfone groups is 1. The number of nitriles is 1. The van der Waals surface area contributed by atoms with E-state index in [4.69, 9.17) is 5.26 Å². The van der Waals surface area contributed by atoms with E-state index in [1.165, 1.54) is 12.1 Å². The van der Waals surface area contributed by atoms with Crippen LogP contribution in [0, 0.1) is 17.1 Å². The zero-order valence-electron chi connectivity index (χ0n) is 10.8. The molecule has 1 fully saturated rings. The third-order valence-electron chi connectivity index (χ3n) is 4.18. The Labute approximate surface area is 117 Å². The monoisotopic (exact) mass is 291 g/mol. The summed E-state index contributed by atoms with van der Waals surface area (Å²) in [4.78, 5) is 0. The summed E-state index contributed by atoms with van der Waals surface area (Å²) in [6, 6.07) is 6.09. The molecular formula is C15H14FNO2S. The van der Waals surface area contributed by atoms with E-state index in [2.05, 4.69) is 0 Å². The molecule has 2 atom stereocenters. The van der Waals surface area contributed by atoms with Crippen molar-refractivity contribution in [2.45, 2.75) is 36.2 Å². The SMILES string of the molecule is N#Cc1cc(F)ccc1C1=CC2CCCC(C1)S2(=O)=O. The minimum absolute atomic E-state index is 0.272. The minimum Gasteiger partial charge on any atom is -0.228 e. The molecule has 0 aliphatic carbocycles. The quantitative estimate of drug-likeness (QED) is 0.799. The van der Waals surface area contributed by atoms with Crippen LogP contribution >= 0.6 is 0 Å². The maximum Gasteiger partial charge on any atom is 0.159 e. The molecule has 104 valence electrons. The largest absolute Gasteiger partial charge is 0.228 e. The molecule has 2 aliphatic heterocycles. The van der Waals surface area contributed by atoms with Crippen molar-refractivity contribution in [3.8, 4) is 6.07 Å². The summed E-state index contributed by atoms with van der Waals surface area (Å²) in [5.74, 6) is -0.450. The van der Waals surface area contributed by atoms with E-state index in [0.29, 0.717) is 24.8 Å². The van der Waals surface area contributed by atoms with Gasteiger partial charge in [0.05, 0.1) is 22.1 Å². The van der Waals surface area contributed by atoms with Crippen LogP contribution in [0.3, 0.4) is 0 Å². The van der Waals surface area contributed by atoms with E-state index in [0.717, 1.165) is 12.0 Å². The lowest BCUT2D eigenvalue weighted by Crippen LogP contribution is -2.38. The summed E-state index contributed by atoms with van der Waals surface area (Å²) >= 11 is 0. The van der Waals surface area contributed by atoms with E-state index in [1.54, 1.807) is 12.1 Å². The van der Waals surface area contributed by atoms with Crippen molar-refractivity contribution in [1.82, 2.24) is 0 Å². The zero-order valence-corrected chi connectivity index (χ0v) is 11.7. The van der Waals surface area contributed by atoms with Crippen molar-refractivity contribution in [3.63, 3.8) is 0 Å². The van der Waals surface area contributed by atoms with Crippen LogP contribution < -0.4 is 0 Å². The number of fused-ring (bicyclic) bond motifs is 2. The van der Waals surface area contributed by atoms with E-state index in [1.807, 2.05) is 6.07 Å². The predicted molar refractivity (Wildman–Crippen MR) is 74.1 cm³/mol. The highest BCUT2D eigenvalue weighted by Crippen LogP contribution is 2.39. The standard InChI is InChI=1S/C15H14FNO2S/c16-12-4-5-15(11(6-12)9-17)10-7-13-2-1-3-14(8-10)20(13,18)19/h4-7,13-14H,1-3,8H2. The molecule has 3 rings (SSSR count). The highest BCUT2D eigenvalue weighted by Gasteiger charge is 2.40. The lowest BCUT2D eigenvalue weighted by molar-refractivity contribution is 0.518. The Balaban J connectivity index is 2.09. The smallest absolute Gasteiger partial charge is 0.159 e. The second-order valence-corrected chi connectivity index (χ2v) is 7.83. The van der Waals surface area contributed by atoms with Gasteiger partial charge in [0.1, 0.15) is 5.82 Å². The molecule has 0 aromatic heterocycles. The van der Waals surface area contributed by atoms with E-state index >= 15 is 0 Å². The molecule has 0 N–H and O–H groups in total. The van der Waals surface area contributed by atoms with Crippen LogP contribution in [0.2, 0.25) is 0 Å².